The fraction of sp³-hybridized carbons (Fsp3) is 0.343. The number of benzene rings is 2. The number of methoxy groups -OCH3 is 1. The zero-order valence-electron chi connectivity index (χ0n) is 26.8. The Labute approximate surface area is 268 Å². The number of aryl methyl sites for hydroxylation is 1. The second-order valence-electron chi connectivity index (χ2n) is 12.7. The Morgan fingerprint density at radius 1 is 0.911 bits per heavy atom. The normalized spacial score (nSPS) is 12.0. The number of rotatable bonds is 11. The molecule has 0 aliphatic carbocycles. The Bertz CT molecular complexity index is 1790. The van der Waals surface area contributed by atoms with E-state index >= 15 is 0 Å². The van der Waals surface area contributed by atoms with Gasteiger partial charge in [0.15, 0.2) is 11.6 Å². The minimum Gasteiger partial charge on any atom is -0.494 e. The number of thioether (sulfide) groups is 1. The van der Waals surface area contributed by atoms with Crippen molar-refractivity contribution in [2.75, 3.05) is 7.11 Å². The van der Waals surface area contributed by atoms with E-state index in [1.807, 2.05) is 25.1 Å². The largest absolute Gasteiger partial charge is 0.494 e. The molecule has 5 rings (SSSR count). The van der Waals surface area contributed by atoms with E-state index in [4.69, 9.17) is 9.47 Å². The first kappa shape index (κ1) is 32.0. The Morgan fingerprint density at radius 3 is 2.22 bits per heavy atom. The second kappa shape index (κ2) is 12.9. The van der Waals surface area contributed by atoms with Gasteiger partial charge in [0.1, 0.15) is 12.4 Å². The molecule has 0 fully saturated rings. The number of hydrogen-bond acceptors (Lipinski definition) is 8. The first-order chi connectivity index (χ1) is 21.3. The van der Waals surface area contributed by atoms with Gasteiger partial charge in [0.25, 0.3) is 0 Å². The Hall–Kier alpha value is -4.44. The Morgan fingerprint density at radius 2 is 1.62 bits per heavy atom. The van der Waals surface area contributed by atoms with E-state index in [0.29, 0.717) is 36.9 Å². The molecule has 0 unspecified atom stereocenters. The van der Waals surface area contributed by atoms with Crippen molar-refractivity contribution >= 4 is 28.6 Å². The first-order valence-electron chi connectivity index (χ1n) is 14.8. The van der Waals surface area contributed by atoms with Crippen LogP contribution in [0.2, 0.25) is 0 Å². The summed E-state index contributed by atoms with van der Waals surface area (Å²) < 4.78 is 13.5. The molecule has 0 radical (unpaired) electrons. The lowest BCUT2D eigenvalue weighted by atomic mass is 9.88. The maximum atomic E-state index is 12.3. The van der Waals surface area contributed by atoms with Crippen LogP contribution in [0.3, 0.4) is 0 Å². The summed E-state index contributed by atoms with van der Waals surface area (Å²) in [5.41, 5.74) is 4.60. The summed E-state index contributed by atoms with van der Waals surface area (Å²) in [6.07, 6.45) is 7.12. The van der Waals surface area contributed by atoms with Crippen molar-refractivity contribution in [3.63, 3.8) is 0 Å². The molecule has 0 aliphatic heterocycles. The minimum atomic E-state index is -0.974. The summed E-state index contributed by atoms with van der Waals surface area (Å²) in [5.74, 6) is 1.10. The highest BCUT2D eigenvalue weighted by atomic mass is 32.2. The molecule has 10 heteroatoms. The number of aromatic nitrogens is 5. The lowest BCUT2D eigenvalue weighted by molar-refractivity contribution is -0.146. The smallest absolute Gasteiger partial charge is 0.309 e. The van der Waals surface area contributed by atoms with E-state index in [1.54, 1.807) is 57.5 Å². The topological polar surface area (TPSA) is 112 Å². The standard InChI is InChI=1S/C35H39N5O4S/c1-22-16-37-25(17-36-22)21-44-26-12-13-29-28(14-26)31(45-34(2,3)4)30(15-35(5,6)33(41)42)40(29)20-23-8-10-24(11-9-23)32-38-18-27(43-7)19-39-32/h8-14,16-19H,15,20-21H2,1-7H3,(H,41,42). The molecule has 0 amide bonds. The van der Waals surface area contributed by atoms with Gasteiger partial charge >= 0.3 is 5.97 Å². The van der Waals surface area contributed by atoms with Gasteiger partial charge in [-0.1, -0.05) is 45.0 Å². The van der Waals surface area contributed by atoms with E-state index < -0.39 is 11.4 Å². The predicted molar refractivity (Wildman–Crippen MR) is 177 cm³/mol. The van der Waals surface area contributed by atoms with Gasteiger partial charge in [0.05, 0.1) is 42.5 Å². The summed E-state index contributed by atoms with van der Waals surface area (Å²) in [7, 11) is 1.59. The zero-order valence-corrected chi connectivity index (χ0v) is 27.6. The molecule has 45 heavy (non-hydrogen) atoms. The van der Waals surface area contributed by atoms with Crippen molar-refractivity contribution in [3.8, 4) is 22.9 Å². The monoisotopic (exact) mass is 625 g/mol. The molecule has 1 N–H and O–H groups in total. The maximum absolute atomic E-state index is 12.3. The first-order valence-corrected chi connectivity index (χ1v) is 15.6. The predicted octanol–water partition coefficient (Wildman–Crippen LogP) is 7.38. The number of aliphatic carboxylic acids is 1. The summed E-state index contributed by atoms with van der Waals surface area (Å²) in [6.45, 7) is 12.8. The Balaban J connectivity index is 1.56. The van der Waals surface area contributed by atoms with Crippen LogP contribution < -0.4 is 9.47 Å². The van der Waals surface area contributed by atoms with Crippen LogP contribution >= 0.6 is 11.8 Å². The SMILES string of the molecule is COc1cnc(-c2ccc(Cn3c(CC(C)(C)C(=O)O)c(SC(C)(C)C)c4cc(OCc5cnc(C)cn5)ccc43)cc2)nc1. The highest BCUT2D eigenvalue weighted by molar-refractivity contribution is 8.00. The van der Waals surface area contributed by atoms with E-state index in [2.05, 4.69) is 69.5 Å². The zero-order chi connectivity index (χ0) is 32.4. The summed E-state index contributed by atoms with van der Waals surface area (Å²) in [4.78, 5) is 31.0. The molecule has 0 bridgehead atoms. The molecule has 3 heterocycles. The lowest BCUT2D eigenvalue weighted by Crippen LogP contribution is -2.28. The number of hydrogen-bond donors (Lipinski definition) is 1. The van der Waals surface area contributed by atoms with Crippen molar-refractivity contribution in [2.24, 2.45) is 5.41 Å². The molecular formula is C35H39N5O4S. The number of carboxylic acid groups (broad SMARTS) is 1. The minimum absolute atomic E-state index is 0.115. The van der Waals surface area contributed by atoms with Crippen molar-refractivity contribution in [3.05, 3.63) is 89.9 Å². The fourth-order valence-electron chi connectivity index (χ4n) is 4.88. The average molecular weight is 626 g/mol. The molecule has 0 saturated heterocycles. The van der Waals surface area contributed by atoms with Crippen LogP contribution in [0.15, 0.2) is 72.1 Å². The second-order valence-corrected chi connectivity index (χ2v) is 14.5. The molecule has 9 nitrogen and oxygen atoms in total. The molecule has 0 aliphatic rings. The molecule has 0 spiro atoms. The number of carbonyl (C=O) groups is 1. The van der Waals surface area contributed by atoms with Crippen LogP contribution in [-0.4, -0.2) is 47.4 Å². The van der Waals surface area contributed by atoms with Crippen LogP contribution in [0, 0.1) is 12.3 Å². The molecule has 3 aromatic heterocycles. The van der Waals surface area contributed by atoms with Crippen molar-refractivity contribution in [2.45, 2.75) is 70.8 Å². The van der Waals surface area contributed by atoms with Gasteiger partial charge in [0.2, 0.25) is 0 Å². The van der Waals surface area contributed by atoms with Crippen LogP contribution in [0.1, 0.15) is 57.3 Å². The fourth-order valence-corrected chi connectivity index (χ4v) is 6.07. The molecular weight excluding hydrogens is 586 g/mol. The highest BCUT2D eigenvalue weighted by Crippen LogP contribution is 2.44. The molecule has 5 aromatic rings. The summed E-state index contributed by atoms with van der Waals surface area (Å²) >= 11 is 1.75. The van der Waals surface area contributed by atoms with Gasteiger partial charge in [0, 0.05) is 51.0 Å². The number of fused-ring (bicyclic) bond motifs is 1. The Kier molecular flexibility index (Phi) is 9.16. The lowest BCUT2D eigenvalue weighted by Gasteiger charge is -2.24. The van der Waals surface area contributed by atoms with Crippen LogP contribution in [0.5, 0.6) is 11.5 Å². The van der Waals surface area contributed by atoms with Gasteiger partial charge in [-0.2, -0.15) is 0 Å². The van der Waals surface area contributed by atoms with Crippen LogP contribution in [-0.2, 0) is 24.4 Å². The maximum Gasteiger partial charge on any atom is 0.309 e. The average Bonchev–Trinajstić information content (AvgIpc) is 3.26. The van der Waals surface area contributed by atoms with Crippen LogP contribution in [0.4, 0.5) is 0 Å². The summed E-state index contributed by atoms with van der Waals surface area (Å²) in [5, 5.41) is 11.2. The summed E-state index contributed by atoms with van der Waals surface area (Å²) in [6, 6.07) is 14.2. The van der Waals surface area contributed by atoms with E-state index in [9.17, 15) is 9.90 Å². The van der Waals surface area contributed by atoms with E-state index in [0.717, 1.165) is 44.0 Å². The van der Waals surface area contributed by atoms with Crippen molar-refractivity contribution in [1.82, 2.24) is 24.5 Å². The van der Waals surface area contributed by atoms with Gasteiger partial charge in [-0.25, -0.2) is 9.97 Å². The molecule has 234 valence electrons. The van der Waals surface area contributed by atoms with E-state index in [-0.39, 0.29) is 4.75 Å². The van der Waals surface area contributed by atoms with Gasteiger partial charge < -0.3 is 19.1 Å². The van der Waals surface area contributed by atoms with Crippen molar-refractivity contribution in [1.29, 1.82) is 0 Å². The van der Waals surface area contributed by atoms with Crippen LogP contribution in [0.25, 0.3) is 22.3 Å². The number of ether oxygens (including phenoxy) is 2. The number of carboxylic acids is 1. The van der Waals surface area contributed by atoms with Crippen molar-refractivity contribution < 1.29 is 19.4 Å². The molecule has 0 atom stereocenters. The molecule has 2 aromatic carbocycles. The van der Waals surface area contributed by atoms with Gasteiger partial charge in [-0.15, -0.1) is 11.8 Å². The quantitative estimate of drug-likeness (QED) is 0.150. The third-order valence-electron chi connectivity index (χ3n) is 7.33. The highest BCUT2D eigenvalue weighted by Gasteiger charge is 2.33. The number of nitrogens with zero attached hydrogens (tertiary/aromatic N) is 5. The van der Waals surface area contributed by atoms with E-state index in [1.165, 1.54) is 0 Å². The third-order valence-corrected chi connectivity index (χ3v) is 8.60. The molecule has 0 saturated carbocycles. The van der Waals surface area contributed by atoms with Gasteiger partial charge in [-0.05, 0) is 44.5 Å². The third kappa shape index (κ3) is 7.62. The van der Waals surface area contributed by atoms with Gasteiger partial charge in [-0.3, -0.25) is 14.8 Å².